The van der Waals surface area contributed by atoms with E-state index >= 15 is 0 Å². The van der Waals surface area contributed by atoms with E-state index in [-0.39, 0.29) is 30.7 Å². The van der Waals surface area contributed by atoms with Crippen molar-refractivity contribution in [3.05, 3.63) is 0 Å². The summed E-state index contributed by atoms with van der Waals surface area (Å²) in [5, 5.41) is 6.57. The Morgan fingerprint density at radius 1 is 1.20 bits per heavy atom. The first-order valence-electron chi connectivity index (χ1n) is 9.85. The Bertz CT molecular complexity index is 344. The number of unbranched alkanes of at least 4 members (excludes halogenated alkanes) is 1. The van der Waals surface area contributed by atoms with Crippen LogP contribution in [0, 0.1) is 17.8 Å². The van der Waals surface area contributed by atoms with Gasteiger partial charge in [-0.2, -0.15) is 0 Å². The lowest BCUT2D eigenvalue weighted by molar-refractivity contribution is -0.122. The summed E-state index contributed by atoms with van der Waals surface area (Å²) in [6, 6.07) is 0. The molecule has 0 aromatic rings. The van der Waals surface area contributed by atoms with Crippen LogP contribution in [0.15, 0.2) is 0 Å². The molecule has 0 bridgehead atoms. The van der Waals surface area contributed by atoms with Crippen molar-refractivity contribution in [2.45, 2.75) is 58.8 Å². The summed E-state index contributed by atoms with van der Waals surface area (Å²) in [5.74, 6) is 2.33. The molecule has 2 aliphatic rings. The molecule has 2 rings (SSSR count). The third-order valence-corrected chi connectivity index (χ3v) is 5.75. The minimum atomic E-state index is 0. The number of likely N-dealkylation sites (tertiary alicyclic amines) is 1. The van der Waals surface area contributed by atoms with Crippen molar-refractivity contribution in [3.8, 4) is 0 Å². The molecular weight excluding hydrogens is 357 g/mol. The maximum atomic E-state index is 12.1. The first-order chi connectivity index (χ1) is 11.1. The van der Waals surface area contributed by atoms with Gasteiger partial charge < -0.3 is 15.5 Å². The summed E-state index contributed by atoms with van der Waals surface area (Å²) < 4.78 is 0. The van der Waals surface area contributed by atoms with E-state index in [4.69, 9.17) is 0 Å². The number of nitrogens with one attached hydrogen (secondary N) is 2. The topological polar surface area (TPSA) is 44.4 Å². The van der Waals surface area contributed by atoms with Crippen LogP contribution < -0.4 is 10.6 Å². The van der Waals surface area contributed by atoms with Gasteiger partial charge in [-0.1, -0.05) is 13.8 Å². The minimum absolute atomic E-state index is 0. The van der Waals surface area contributed by atoms with E-state index < -0.39 is 0 Å². The Balaban J connectivity index is 0.00000288. The van der Waals surface area contributed by atoms with Gasteiger partial charge in [0.1, 0.15) is 0 Å². The second-order valence-corrected chi connectivity index (χ2v) is 7.87. The number of nitrogens with zero attached hydrogens (tertiary/aromatic N) is 1. The highest BCUT2D eigenvalue weighted by Gasteiger charge is 2.21. The van der Waals surface area contributed by atoms with Gasteiger partial charge in [0.25, 0.3) is 0 Å². The van der Waals surface area contributed by atoms with Crippen molar-refractivity contribution in [2.75, 3.05) is 39.3 Å². The van der Waals surface area contributed by atoms with Crippen LogP contribution in [0.4, 0.5) is 0 Å². The smallest absolute Gasteiger partial charge is 0.220 e. The van der Waals surface area contributed by atoms with Gasteiger partial charge in [0.2, 0.25) is 5.91 Å². The number of halogens is 2. The molecule has 6 heteroatoms. The third-order valence-electron chi connectivity index (χ3n) is 5.75. The normalized spacial score (nSPS) is 23.2. The van der Waals surface area contributed by atoms with Gasteiger partial charge in [0.05, 0.1) is 0 Å². The summed E-state index contributed by atoms with van der Waals surface area (Å²) in [5.41, 5.74) is 0. The summed E-state index contributed by atoms with van der Waals surface area (Å²) in [7, 11) is 0. The van der Waals surface area contributed by atoms with Gasteiger partial charge in [-0.05, 0) is 89.0 Å². The Hall–Kier alpha value is -0.0300. The van der Waals surface area contributed by atoms with Crippen molar-refractivity contribution < 1.29 is 4.79 Å². The molecule has 1 amide bonds. The maximum absolute atomic E-state index is 12.1. The largest absolute Gasteiger partial charge is 0.356 e. The SMILES string of the molecule is CC1CCN(CCCCNC(=O)CC(C)C2CCCNC2)CC1.Cl.Cl. The van der Waals surface area contributed by atoms with E-state index in [1.165, 1.54) is 51.7 Å². The van der Waals surface area contributed by atoms with E-state index in [1.807, 2.05) is 0 Å². The molecule has 0 radical (unpaired) electrons. The van der Waals surface area contributed by atoms with Crippen LogP contribution in [0.5, 0.6) is 0 Å². The van der Waals surface area contributed by atoms with Crippen molar-refractivity contribution in [3.63, 3.8) is 0 Å². The molecule has 2 heterocycles. The number of amides is 1. The lowest BCUT2D eigenvalue weighted by atomic mass is 9.85. The lowest BCUT2D eigenvalue weighted by Gasteiger charge is -2.30. The molecule has 0 saturated carbocycles. The molecule has 2 unspecified atom stereocenters. The lowest BCUT2D eigenvalue weighted by Crippen LogP contribution is -2.36. The van der Waals surface area contributed by atoms with Gasteiger partial charge in [0, 0.05) is 13.0 Å². The van der Waals surface area contributed by atoms with Gasteiger partial charge in [-0.15, -0.1) is 24.8 Å². The zero-order valence-corrected chi connectivity index (χ0v) is 17.7. The van der Waals surface area contributed by atoms with E-state index in [1.54, 1.807) is 0 Å². The molecule has 2 aliphatic heterocycles. The Morgan fingerprint density at radius 3 is 2.56 bits per heavy atom. The summed E-state index contributed by atoms with van der Waals surface area (Å²) in [6.07, 6.45) is 8.24. The molecule has 2 fully saturated rings. The molecule has 4 nitrogen and oxygen atoms in total. The standard InChI is InChI=1S/C19H37N3O.2ClH/c1-16-7-12-22(13-8-16)11-4-3-10-21-19(23)14-17(2)18-6-5-9-20-15-18;;/h16-18,20H,3-15H2,1-2H3,(H,21,23);2*1H. The zero-order chi connectivity index (χ0) is 16.5. The summed E-state index contributed by atoms with van der Waals surface area (Å²) in [6.45, 7) is 11.4. The van der Waals surface area contributed by atoms with Crippen molar-refractivity contribution in [1.82, 2.24) is 15.5 Å². The highest BCUT2D eigenvalue weighted by atomic mass is 35.5. The second-order valence-electron chi connectivity index (χ2n) is 7.87. The van der Waals surface area contributed by atoms with Crippen LogP contribution in [0.2, 0.25) is 0 Å². The average Bonchev–Trinajstić information content (AvgIpc) is 2.57. The highest BCUT2D eigenvalue weighted by Crippen LogP contribution is 2.22. The van der Waals surface area contributed by atoms with Crippen molar-refractivity contribution in [2.24, 2.45) is 17.8 Å². The molecule has 0 aromatic carbocycles. The number of carbonyl (C=O) groups is 1. The van der Waals surface area contributed by atoms with Crippen molar-refractivity contribution in [1.29, 1.82) is 0 Å². The first kappa shape index (κ1) is 25.0. The quantitative estimate of drug-likeness (QED) is 0.618. The Morgan fingerprint density at radius 2 is 1.92 bits per heavy atom. The second kappa shape index (κ2) is 14.1. The molecule has 2 saturated heterocycles. The number of piperidine rings is 2. The number of hydrogen-bond donors (Lipinski definition) is 2. The number of hydrogen-bond acceptors (Lipinski definition) is 3. The van der Waals surface area contributed by atoms with Gasteiger partial charge in [-0.25, -0.2) is 0 Å². The van der Waals surface area contributed by atoms with Crippen molar-refractivity contribution >= 4 is 30.7 Å². The van der Waals surface area contributed by atoms with E-state index in [0.717, 1.165) is 32.0 Å². The van der Waals surface area contributed by atoms with E-state index in [9.17, 15) is 4.79 Å². The molecule has 0 aromatic heterocycles. The zero-order valence-electron chi connectivity index (χ0n) is 16.1. The molecule has 0 aliphatic carbocycles. The molecule has 150 valence electrons. The van der Waals surface area contributed by atoms with Gasteiger partial charge in [0.15, 0.2) is 0 Å². The molecule has 25 heavy (non-hydrogen) atoms. The fourth-order valence-corrected chi connectivity index (χ4v) is 3.87. The van der Waals surface area contributed by atoms with Crippen LogP contribution in [-0.2, 0) is 4.79 Å². The number of carbonyl (C=O) groups excluding carboxylic acids is 1. The third kappa shape index (κ3) is 10.0. The number of rotatable bonds is 8. The van der Waals surface area contributed by atoms with E-state index in [2.05, 4.69) is 29.4 Å². The van der Waals surface area contributed by atoms with Crippen LogP contribution in [0.1, 0.15) is 58.8 Å². The monoisotopic (exact) mass is 395 g/mol. The fraction of sp³-hybridized carbons (Fsp3) is 0.947. The summed E-state index contributed by atoms with van der Waals surface area (Å²) >= 11 is 0. The minimum Gasteiger partial charge on any atom is -0.356 e. The van der Waals surface area contributed by atoms with E-state index in [0.29, 0.717) is 18.3 Å². The Kier molecular flexibility index (Phi) is 14.1. The molecular formula is C19H39Cl2N3O. The van der Waals surface area contributed by atoms with Gasteiger partial charge in [-0.3, -0.25) is 4.79 Å². The van der Waals surface area contributed by atoms with Crippen LogP contribution >= 0.6 is 24.8 Å². The highest BCUT2D eigenvalue weighted by molar-refractivity contribution is 5.85. The Labute approximate surface area is 167 Å². The summed E-state index contributed by atoms with van der Waals surface area (Å²) in [4.78, 5) is 14.6. The van der Waals surface area contributed by atoms with Crippen LogP contribution in [-0.4, -0.2) is 50.1 Å². The van der Waals surface area contributed by atoms with Crippen LogP contribution in [0.3, 0.4) is 0 Å². The predicted molar refractivity (Wildman–Crippen MR) is 111 cm³/mol. The fourth-order valence-electron chi connectivity index (χ4n) is 3.87. The predicted octanol–water partition coefficient (Wildman–Crippen LogP) is 3.48. The average molecular weight is 396 g/mol. The van der Waals surface area contributed by atoms with Gasteiger partial charge >= 0.3 is 0 Å². The maximum Gasteiger partial charge on any atom is 0.220 e. The first-order valence-corrected chi connectivity index (χ1v) is 9.85. The molecule has 0 spiro atoms. The molecule has 2 atom stereocenters. The molecule has 2 N–H and O–H groups in total. The van der Waals surface area contributed by atoms with Crippen LogP contribution in [0.25, 0.3) is 0 Å².